The van der Waals surface area contributed by atoms with Crippen LogP contribution in [0.3, 0.4) is 0 Å². The minimum Gasteiger partial charge on any atom is -0.310 e. The summed E-state index contributed by atoms with van der Waals surface area (Å²) in [7, 11) is 0. The predicted octanol–water partition coefficient (Wildman–Crippen LogP) is 13.4. The molecule has 8 rings (SSSR count). The normalized spacial score (nSPS) is 15.4. The molecule has 264 valence electrons. The first-order valence-corrected chi connectivity index (χ1v) is 18.8. The van der Waals surface area contributed by atoms with Gasteiger partial charge in [0.1, 0.15) is 0 Å². The first-order valence-electron chi connectivity index (χ1n) is 18.8. The fraction of sp³-hybridized carbons (Fsp3) is 0.220. The summed E-state index contributed by atoms with van der Waals surface area (Å²) in [6.45, 7) is 19.9. The van der Waals surface area contributed by atoms with Gasteiger partial charge in [0.2, 0.25) is 0 Å². The Morgan fingerprint density at radius 2 is 1.25 bits per heavy atom. The largest absolute Gasteiger partial charge is 0.310 e. The quantitative estimate of drug-likeness (QED) is 0.122. The molecule has 0 spiro atoms. The second-order valence-electron chi connectivity index (χ2n) is 16.8. The van der Waals surface area contributed by atoms with Crippen molar-refractivity contribution in [3.8, 4) is 11.4 Å². The Morgan fingerprint density at radius 3 is 1.83 bits per heavy atom. The highest BCUT2D eigenvalue weighted by molar-refractivity contribution is 6.09. The van der Waals surface area contributed by atoms with Gasteiger partial charge in [0.25, 0.3) is 0 Å². The highest BCUT2D eigenvalue weighted by atomic mass is 15.0. The van der Waals surface area contributed by atoms with Crippen LogP contribution in [0.25, 0.3) is 61.3 Å². The number of hydrogen-bond acceptors (Lipinski definition) is 1. The second-order valence-corrected chi connectivity index (χ2v) is 16.8. The van der Waals surface area contributed by atoms with Crippen molar-refractivity contribution in [2.75, 3.05) is 0 Å². The molecule has 1 unspecified atom stereocenters. The number of allylic oxidation sites excluding steroid dienone is 4. The van der Waals surface area contributed by atoms with Crippen molar-refractivity contribution >= 4 is 56.6 Å². The molecule has 3 nitrogen and oxygen atoms in total. The summed E-state index contributed by atoms with van der Waals surface area (Å²) in [6, 6.07) is 42.2. The first kappa shape index (κ1) is 34.4. The molecule has 2 heterocycles. The van der Waals surface area contributed by atoms with Gasteiger partial charge in [0.05, 0.1) is 16.6 Å². The summed E-state index contributed by atoms with van der Waals surface area (Å²) >= 11 is 0. The van der Waals surface area contributed by atoms with Crippen molar-refractivity contribution in [1.82, 2.24) is 9.13 Å². The molecule has 1 aliphatic rings. The van der Waals surface area contributed by atoms with Crippen molar-refractivity contribution in [3.63, 3.8) is 0 Å². The fourth-order valence-electron chi connectivity index (χ4n) is 8.09. The van der Waals surface area contributed by atoms with Crippen LogP contribution < -0.4 is 0 Å². The number of aliphatic imine (C=N–C) groups is 1. The Morgan fingerprint density at radius 1 is 0.679 bits per heavy atom. The molecule has 0 fully saturated rings. The lowest BCUT2D eigenvalue weighted by Crippen LogP contribution is -2.22. The molecule has 53 heavy (non-hydrogen) atoms. The molecule has 0 N–H and O–H groups in total. The summed E-state index contributed by atoms with van der Waals surface area (Å²) in [6.07, 6.45) is 9.92. The zero-order chi connectivity index (χ0) is 37.1. The molecule has 7 aromatic rings. The van der Waals surface area contributed by atoms with E-state index in [0.717, 1.165) is 34.5 Å². The molecular formula is C50H49N3. The Kier molecular flexibility index (Phi) is 8.49. The predicted molar refractivity (Wildman–Crippen MR) is 230 cm³/mol. The van der Waals surface area contributed by atoms with E-state index < -0.39 is 0 Å². The van der Waals surface area contributed by atoms with Crippen LogP contribution in [0.5, 0.6) is 0 Å². The van der Waals surface area contributed by atoms with E-state index >= 15 is 0 Å². The van der Waals surface area contributed by atoms with Crippen molar-refractivity contribution in [2.24, 2.45) is 16.3 Å². The zero-order valence-electron chi connectivity index (χ0n) is 32.1. The van der Waals surface area contributed by atoms with Gasteiger partial charge in [-0.2, -0.15) is 0 Å². The van der Waals surface area contributed by atoms with E-state index in [2.05, 4.69) is 203 Å². The van der Waals surface area contributed by atoms with Gasteiger partial charge in [0, 0.05) is 45.0 Å². The van der Waals surface area contributed by atoms with Crippen LogP contribution in [-0.4, -0.2) is 15.9 Å². The lowest BCUT2D eigenvalue weighted by molar-refractivity contribution is 0.291. The summed E-state index contributed by atoms with van der Waals surface area (Å²) in [5.74, 6) is 0.494. The molecule has 3 heteroatoms. The number of rotatable bonds is 6. The van der Waals surface area contributed by atoms with Crippen LogP contribution in [0, 0.1) is 11.3 Å². The molecular weight excluding hydrogens is 643 g/mol. The van der Waals surface area contributed by atoms with E-state index in [1.165, 1.54) is 55.1 Å². The van der Waals surface area contributed by atoms with Crippen molar-refractivity contribution < 1.29 is 0 Å². The van der Waals surface area contributed by atoms with Gasteiger partial charge in [-0.15, -0.1) is 0 Å². The van der Waals surface area contributed by atoms with E-state index in [4.69, 9.17) is 0 Å². The number of fused-ring (bicyclic) bond motifs is 6. The Bertz CT molecular complexity index is 2550. The fourth-order valence-corrected chi connectivity index (χ4v) is 8.09. The minimum absolute atomic E-state index is 0.0840. The van der Waals surface area contributed by atoms with E-state index in [9.17, 15) is 0 Å². The third-order valence-electron chi connectivity index (χ3n) is 11.2. The molecule has 0 saturated carbocycles. The molecule has 1 aliphatic carbocycles. The van der Waals surface area contributed by atoms with Gasteiger partial charge in [-0.25, -0.2) is 0 Å². The van der Waals surface area contributed by atoms with Crippen LogP contribution in [0.15, 0.2) is 139 Å². The van der Waals surface area contributed by atoms with Crippen LogP contribution in [-0.2, 0) is 11.8 Å². The van der Waals surface area contributed by atoms with E-state index in [-0.39, 0.29) is 10.8 Å². The van der Waals surface area contributed by atoms with Crippen LogP contribution in [0.4, 0.5) is 0 Å². The first-order chi connectivity index (χ1) is 25.4. The number of para-hydroxylation sites is 2. The molecule has 5 aromatic carbocycles. The summed E-state index contributed by atoms with van der Waals surface area (Å²) in [5, 5.41) is 3.91. The van der Waals surface area contributed by atoms with Crippen molar-refractivity contribution in [3.05, 3.63) is 162 Å². The van der Waals surface area contributed by atoms with Crippen LogP contribution in [0.2, 0.25) is 0 Å². The zero-order valence-corrected chi connectivity index (χ0v) is 32.1. The number of aromatic nitrogens is 2. The Balaban J connectivity index is 1.13. The van der Waals surface area contributed by atoms with Crippen molar-refractivity contribution in [2.45, 2.75) is 60.3 Å². The molecule has 0 amide bonds. The number of hydrogen-bond donors (Lipinski definition) is 0. The molecule has 0 aliphatic heterocycles. The number of nitrogens with zero attached hydrogens (tertiary/aromatic N) is 3. The summed E-state index contributed by atoms with van der Waals surface area (Å²) in [4.78, 5) is 4.22. The molecule has 0 saturated heterocycles. The maximum Gasteiger partial charge on any atom is 0.0541 e. The minimum atomic E-state index is 0.0840. The Labute approximate surface area is 314 Å². The maximum atomic E-state index is 4.22. The topological polar surface area (TPSA) is 22.2 Å². The third-order valence-corrected chi connectivity index (χ3v) is 11.2. The molecule has 0 radical (unpaired) electrons. The lowest BCUT2D eigenvalue weighted by Gasteiger charge is -2.31. The van der Waals surface area contributed by atoms with E-state index in [1.807, 2.05) is 6.20 Å². The van der Waals surface area contributed by atoms with Gasteiger partial charge in [-0.1, -0.05) is 114 Å². The molecule has 1 atom stereocenters. The van der Waals surface area contributed by atoms with Gasteiger partial charge in [-0.3, -0.25) is 4.99 Å². The van der Waals surface area contributed by atoms with Crippen LogP contribution in [0.1, 0.15) is 76.4 Å². The maximum absolute atomic E-state index is 4.22. The lowest BCUT2D eigenvalue weighted by atomic mass is 9.74. The number of benzene rings is 5. The molecule has 2 aromatic heterocycles. The smallest absolute Gasteiger partial charge is 0.0541 e. The highest BCUT2D eigenvalue weighted by Gasteiger charge is 2.30. The summed E-state index contributed by atoms with van der Waals surface area (Å²) in [5.41, 5.74) is 14.9. The van der Waals surface area contributed by atoms with E-state index in [1.54, 1.807) is 0 Å². The standard InChI is InChI=1S/C50H49N3/c1-33(34-17-23-39(24-18-34)52-45-15-11-9-13-41(45)42-14-10-12-16-46(42)52)29-36(32-51-8)35-19-25-40(26-20-35)53-47-27-21-37(49(2,3)4)30-43(47)44-31-38(50(5,6)7)22-28-48(44)53/h9-30,32,38H,8,31H2,1-7H3/b33-29+,36-32+. The van der Waals surface area contributed by atoms with Gasteiger partial charge in [0.15, 0.2) is 0 Å². The average molecular weight is 692 g/mol. The van der Waals surface area contributed by atoms with Gasteiger partial charge in [-0.05, 0) is 125 Å². The summed E-state index contributed by atoms with van der Waals surface area (Å²) < 4.78 is 4.81. The van der Waals surface area contributed by atoms with E-state index in [0.29, 0.717) is 5.92 Å². The monoisotopic (exact) mass is 691 g/mol. The van der Waals surface area contributed by atoms with Gasteiger partial charge < -0.3 is 9.13 Å². The second kappa shape index (κ2) is 13.1. The van der Waals surface area contributed by atoms with Gasteiger partial charge >= 0.3 is 0 Å². The third kappa shape index (κ3) is 6.18. The average Bonchev–Trinajstić information content (AvgIpc) is 3.66. The SMILES string of the molecule is C=N/C=C(\C=C(/C)c1ccc(-n2c3ccccc3c3ccccc32)cc1)c1ccc(-n2c3c(c4cc(C(C)(C)C)ccc42)CC(C(C)(C)C)C=C3)cc1. The van der Waals surface area contributed by atoms with Crippen molar-refractivity contribution in [1.29, 1.82) is 0 Å². The van der Waals surface area contributed by atoms with Crippen LogP contribution >= 0.6 is 0 Å². The highest BCUT2D eigenvalue weighted by Crippen LogP contribution is 2.42. The molecule has 0 bridgehead atoms. The Hall–Kier alpha value is -5.67.